The number of unbranched alkanes of at least 4 members (excludes halogenated alkanes) is 5. The number of guanidine groups is 2. The number of hydrogen-bond donors (Lipinski definition) is 16. The van der Waals surface area contributed by atoms with Crippen LogP contribution in [0.25, 0.3) is 0 Å². The molecule has 0 aliphatic carbocycles. The summed E-state index contributed by atoms with van der Waals surface area (Å²) in [6.07, 6.45) is 5.45. The van der Waals surface area contributed by atoms with Crippen molar-refractivity contribution < 1.29 is 57.8 Å². The Morgan fingerprint density at radius 3 is 1.48 bits per heavy atom. The molecule has 0 radical (unpaired) electrons. The normalized spacial score (nSPS) is 13.8. The molecule has 83 heavy (non-hydrogen) atoms. The van der Waals surface area contributed by atoms with Crippen LogP contribution < -0.4 is 82.3 Å². The van der Waals surface area contributed by atoms with E-state index in [1.807, 2.05) is 18.2 Å². The standard InChI is InChI=1S/C54H93N17O12/c1-6-7-8-9-13-23-43(73)66-41(30-35-18-11-10-12-19-35)50(80)65-34(5)46(76)67-37(21-16-27-61-53(57)58)48(78)68-36(20-14-15-26-55)47(77)63-31-44(74)64-33(4)45(75)71-40(29-32(2)3)51(81)69-38(22-17-28-62-54(59)60)49(79)70-39(52(82)83)24-25-42(56)72/h10-12,18-19,32-34,36-41H,6-9,13-17,20-31,55H2,1-5H3,(H2,56,72)(H,63,77)(H,64,74)(H,65,80)(H,66,73)(H,67,76)(H,68,78)(H,69,81)(H,70,79)(H,71,75)(H,82,83)(H4,57,58,61)(H4,59,60,62)/t33-,34-,36-,37-,38-,39-,40-,41-/m0/s1. The summed E-state index contributed by atoms with van der Waals surface area (Å²) < 4.78 is 0. The predicted octanol–water partition coefficient (Wildman–Crippen LogP) is -2.74. The van der Waals surface area contributed by atoms with Gasteiger partial charge in [-0.1, -0.05) is 76.8 Å². The van der Waals surface area contributed by atoms with Crippen molar-refractivity contribution in [3.05, 3.63) is 35.9 Å². The first kappa shape index (κ1) is 72.9. The van der Waals surface area contributed by atoms with E-state index in [9.17, 15) is 57.8 Å². The van der Waals surface area contributed by atoms with Crippen LogP contribution in [0.5, 0.6) is 0 Å². The number of hydrogen-bond acceptors (Lipinski definition) is 14. The smallest absolute Gasteiger partial charge is 0.326 e. The van der Waals surface area contributed by atoms with Crippen LogP contribution in [0.4, 0.5) is 0 Å². The summed E-state index contributed by atoms with van der Waals surface area (Å²) in [4.78, 5) is 153. The fourth-order valence-corrected chi connectivity index (χ4v) is 8.21. The summed E-state index contributed by atoms with van der Waals surface area (Å²) in [6.45, 7) is 8.06. The average molecular weight is 1170 g/mol. The minimum atomic E-state index is -1.53. The molecule has 0 aliphatic heterocycles. The molecule has 22 N–H and O–H groups in total. The van der Waals surface area contributed by atoms with Gasteiger partial charge < -0.3 is 87.4 Å². The number of nitrogens with zero attached hydrogens (tertiary/aromatic N) is 2. The number of primary amides is 1. The highest BCUT2D eigenvalue weighted by Gasteiger charge is 2.33. The van der Waals surface area contributed by atoms with Crippen LogP contribution in [-0.2, 0) is 59.2 Å². The molecule has 8 atom stereocenters. The van der Waals surface area contributed by atoms with Crippen LogP contribution >= 0.6 is 0 Å². The topological polar surface area (TPSA) is 497 Å². The monoisotopic (exact) mass is 1170 g/mol. The molecule has 0 spiro atoms. The van der Waals surface area contributed by atoms with Crippen molar-refractivity contribution in [2.24, 2.45) is 50.3 Å². The van der Waals surface area contributed by atoms with Crippen molar-refractivity contribution in [3.63, 3.8) is 0 Å². The van der Waals surface area contributed by atoms with Gasteiger partial charge in [0.25, 0.3) is 0 Å². The van der Waals surface area contributed by atoms with Gasteiger partial charge in [0.1, 0.15) is 48.3 Å². The van der Waals surface area contributed by atoms with Crippen molar-refractivity contribution in [2.45, 2.75) is 192 Å². The van der Waals surface area contributed by atoms with Gasteiger partial charge in [-0.15, -0.1) is 0 Å². The second-order valence-corrected chi connectivity index (χ2v) is 20.7. The minimum Gasteiger partial charge on any atom is -0.480 e. The minimum absolute atomic E-state index is 0.0251. The SMILES string of the molecule is CCCCCCCC(=O)N[C@@H](Cc1ccccc1)C(=O)N[C@@H](C)C(=O)N[C@@H](CCCN=C(N)N)C(=O)N[C@@H](CCCCN)C(=O)NCC(=O)N[C@@H](C)C(=O)N[C@@H](CC(C)C)C(=O)N[C@@H](CCCN=C(N)N)C(=O)N[C@@H](CCC(N)=O)C(=O)O. The number of benzene rings is 1. The number of nitrogens with one attached hydrogen (secondary N) is 9. The van der Waals surface area contributed by atoms with Gasteiger partial charge in [-0.25, -0.2) is 4.79 Å². The average Bonchev–Trinajstić information content (AvgIpc) is 3.43. The molecule has 466 valence electrons. The molecule has 0 unspecified atom stereocenters. The zero-order valence-electron chi connectivity index (χ0n) is 48.7. The number of aliphatic imine (C=N–C) groups is 2. The van der Waals surface area contributed by atoms with Crippen LogP contribution in [0.2, 0.25) is 0 Å². The molecule has 0 heterocycles. The summed E-state index contributed by atoms with van der Waals surface area (Å²) in [7, 11) is 0. The molecule has 0 saturated heterocycles. The van der Waals surface area contributed by atoms with Crippen molar-refractivity contribution >= 4 is 77.0 Å². The first-order valence-electron chi connectivity index (χ1n) is 28.3. The third-order valence-corrected chi connectivity index (χ3v) is 12.8. The van der Waals surface area contributed by atoms with Gasteiger partial charge in [0.2, 0.25) is 59.1 Å². The Balaban J connectivity index is 3.21. The summed E-state index contributed by atoms with van der Waals surface area (Å²) in [5.41, 5.74) is 33.5. The molecule has 1 aromatic carbocycles. The lowest BCUT2D eigenvalue weighted by Gasteiger charge is -2.26. The molecular weight excluding hydrogens is 1080 g/mol. The number of carboxylic acids is 1. The van der Waals surface area contributed by atoms with E-state index in [1.165, 1.54) is 13.8 Å². The zero-order chi connectivity index (χ0) is 62.4. The molecule has 1 aromatic rings. The summed E-state index contributed by atoms with van der Waals surface area (Å²) in [6, 6.07) is -1.20. The number of rotatable bonds is 43. The van der Waals surface area contributed by atoms with Crippen molar-refractivity contribution in [1.82, 2.24) is 47.9 Å². The molecular formula is C54H93N17O12. The Morgan fingerprint density at radius 2 is 0.964 bits per heavy atom. The van der Waals surface area contributed by atoms with E-state index in [2.05, 4.69) is 64.8 Å². The molecule has 29 nitrogen and oxygen atoms in total. The highest BCUT2D eigenvalue weighted by Crippen LogP contribution is 2.12. The second kappa shape index (κ2) is 41.0. The summed E-state index contributed by atoms with van der Waals surface area (Å²) >= 11 is 0. The third-order valence-electron chi connectivity index (χ3n) is 12.8. The lowest BCUT2D eigenvalue weighted by atomic mass is 10.0. The van der Waals surface area contributed by atoms with E-state index < -0.39 is 114 Å². The zero-order valence-corrected chi connectivity index (χ0v) is 48.7. The Kier molecular flexibility index (Phi) is 36.0. The van der Waals surface area contributed by atoms with Gasteiger partial charge in [-0.2, -0.15) is 0 Å². The quantitative estimate of drug-likeness (QED) is 0.0179. The van der Waals surface area contributed by atoms with Gasteiger partial charge >= 0.3 is 5.97 Å². The van der Waals surface area contributed by atoms with Gasteiger partial charge in [-0.05, 0) is 96.1 Å². The largest absolute Gasteiger partial charge is 0.480 e. The molecule has 1 rings (SSSR count). The molecule has 0 saturated carbocycles. The van der Waals surface area contributed by atoms with Gasteiger partial charge in [0, 0.05) is 32.4 Å². The van der Waals surface area contributed by atoms with Crippen LogP contribution in [0, 0.1) is 5.92 Å². The van der Waals surface area contributed by atoms with Gasteiger partial charge in [0.15, 0.2) is 11.9 Å². The maximum absolute atomic E-state index is 14.1. The fourth-order valence-electron chi connectivity index (χ4n) is 8.21. The van der Waals surface area contributed by atoms with Crippen molar-refractivity contribution in [3.8, 4) is 0 Å². The number of carbonyl (C=O) groups excluding carboxylic acids is 10. The van der Waals surface area contributed by atoms with Gasteiger partial charge in [-0.3, -0.25) is 57.9 Å². The predicted molar refractivity (Wildman–Crippen MR) is 312 cm³/mol. The van der Waals surface area contributed by atoms with Crippen LogP contribution in [0.1, 0.15) is 143 Å². The van der Waals surface area contributed by atoms with Crippen LogP contribution in [-0.4, -0.2) is 157 Å². The van der Waals surface area contributed by atoms with Crippen LogP contribution in [0.15, 0.2) is 40.3 Å². The van der Waals surface area contributed by atoms with E-state index in [-0.39, 0.29) is 108 Å². The molecule has 0 aliphatic rings. The van der Waals surface area contributed by atoms with Gasteiger partial charge in [0.05, 0.1) is 6.54 Å². The van der Waals surface area contributed by atoms with E-state index in [4.69, 9.17) is 34.4 Å². The maximum Gasteiger partial charge on any atom is 0.326 e. The number of nitrogens with two attached hydrogens (primary N) is 6. The first-order chi connectivity index (χ1) is 39.3. The lowest BCUT2D eigenvalue weighted by Crippen LogP contribution is -2.58. The molecule has 0 aromatic heterocycles. The fraction of sp³-hybridized carbons (Fsp3) is 0.648. The number of carboxylic acid groups (broad SMARTS) is 1. The Hall–Kier alpha value is -8.11. The van der Waals surface area contributed by atoms with E-state index in [0.29, 0.717) is 19.3 Å². The lowest BCUT2D eigenvalue weighted by molar-refractivity contribution is -0.142. The summed E-state index contributed by atoms with van der Waals surface area (Å²) in [5, 5.41) is 32.8. The summed E-state index contributed by atoms with van der Waals surface area (Å²) in [5.74, 6) is -9.56. The molecule has 10 amide bonds. The Labute approximate surface area is 485 Å². The number of amides is 10. The molecule has 29 heteroatoms. The van der Waals surface area contributed by atoms with Crippen LogP contribution in [0.3, 0.4) is 0 Å². The second-order valence-electron chi connectivity index (χ2n) is 20.7. The molecule has 0 bridgehead atoms. The van der Waals surface area contributed by atoms with E-state index >= 15 is 0 Å². The highest BCUT2D eigenvalue weighted by molar-refractivity contribution is 5.97. The number of carbonyl (C=O) groups is 11. The Bertz CT molecular complexity index is 2310. The maximum atomic E-state index is 14.1. The third kappa shape index (κ3) is 32.8. The van der Waals surface area contributed by atoms with E-state index in [1.54, 1.807) is 26.0 Å². The Morgan fingerprint density at radius 1 is 0.482 bits per heavy atom. The first-order valence-corrected chi connectivity index (χ1v) is 28.3. The highest BCUT2D eigenvalue weighted by atomic mass is 16.4. The van der Waals surface area contributed by atoms with Crippen molar-refractivity contribution in [1.29, 1.82) is 0 Å². The van der Waals surface area contributed by atoms with E-state index in [0.717, 1.165) is 31.2 Å². The molecule has 0 fully saturated rings. The van der Waals surface area contributed by atoms with Crippen molar-refractivity contribution in [2.75, 3.05) is 26.2 Å². The number of aliphatic carboxylic acids is 1.